The summed E-state index contributed by atoms with van der Waals surface area (Å²) in [5.41, 5.74) is 6.91. The number of nitrogens with zero attached hydrogens (tertiary/aromatic N) is 5. The SMILES string of the molecule is CC(NC(=O)Cn1cnc2cccc(C#N)c21)c1ccc(C(C)(C)C)cc1.C[C@H](NC(=O)Cn1cnc2ccc(F)c(F)c21)c1ccc(C(C)(C)C)cc1. The first-order chi connectivity index (χ1) is 25.5. The predicted molar refractivity (Wildman–Crippen MR) is 207 cm³/mol. The van der Waals surface area contributed by atoms with Crippen LogP contribution in [0, 0.1) is 23.0 Å². The van der Waals surface area contributed by atoms with Crippen molar-refractivity contribution in [3.8, 4) is 6.07 Å². The van der Waals surface area contributed by atoms with Crippen LogP contribution in [0.2, 0.25) is 0 Å². The molecule has 0 aliphatic carbocycles. The highest BCUT2D eigenvalue weighted by molar-refractivity contribution is 5.84. The van der Waals surface area contributed by atoms with Gasteiger partial charge in [0.25, 0.3) is 0 Å². The molecule has 0 bridgehead atoms. The van der Waals surface area contributed by atoms with E-state index < -0.39 is 11.6 Å². The van der Waals surface area contributed by atoms with Gasteiger partial charge >= 0.3 is 0 Å². The Kier molecular flexibility index (Phi) is 11.7. The zero-order valence-electron chi connectivity index (χ0n) is 32.0. The van der Waals surface area contributed by atoms with Crippen molar-refractivity contribution >= 4 is 33.9 Å². The van der Waals surface area contributed by atoms with Gasteiger partial charge in [-0.1, -0.05) is 96.1 Å². The fourth-order valence-electron chi connectivity index (χ4n) is 6.15. The van der Waals surface area contributed by atoms with E-state index in [2.05, 4.69) is 105 Å². The number of para-hydroxylation sites is 1. The van der Waals surface area contributed by atoms with Crippen LogP contribution in [0.5, 0.6) is 0 Å². The second-order valence-corrected chi connectivity index (χ2v) is 15.6. The Morgan fingerprint density at radius 1 is 0.685 bits per heavy atom. The summed E-state index contributed by atoms with van der Waals surface area (Å²) >= 11 is 0. The number of amides is 2. The van der Waals surface area contributed by atoms with E-state index in [1.165, 1.54) is 28.1 Å². The number of benzene rings is 4. The van der Waals surface area contributed by atoms with Gasteiger partial charge in [-0.15, -0.1) is 0 Å². The van der Waals surface area contributed by atoms with Crippen molar-refractivity contribution in [1.82, 2.24) is 29.7 Å². The normalized spacial score (nSPS) is 12.8. The molecule has 6 aromatic rings. The topological polar surface area (TPSA) is 118 Å². The smallest absolute Gasteiger partial charge is 0.240 e. The second kappa shape index (κ2) is 16.0. The van der Waals surface area contributed by atoms with Crippen LogP contribution >= 0.6 is 0 Å². The Labute approximate surface area is 315 Å². The first-order valence-corrected chi connectivity index (χ1v) is 17.9. The molecule has 2 aromatic heterocycles. The number of hydrogen-bond donors (Lipinski definition) is 2. The summed E-state index contributed by atoms with van der Waals surface area (Å²) in [6.45, 7) is 16.8. The van der Waals surface area contributed by atoms with E-state index in [4.69, 9.17) is 0 Å². The van der Waals surface area contributed by atoms with Crippen LogP contribution < -0.4 is 10.6 Å². The maximum absolute atomic E-state index is 14.0. The molecule has 0 aliphatic heterocycles. The fraction of sp³-hybridized carbons (Fsp3) is 0.326. The zero-order valence-corrected chi connectivity index (χ0v) is 32.0. The van der Waals surface area contributed by atoms with Crippen molar-refractivity contribution in [3.05, 3.63) is 131 Å². The summed E-state index contributed by atoms with van der Waals surface area (Å²) in [4.78, 5) is 33.2. The van der Waals surface area contributed by atoms with Gasteiger partial charge in [0, 0.05) is 0 Å². The molecular formula is C43H47F2N7O2. The molecule has 54 heavy (non-hydrogen) atoms. The average Bonchev–Trinajstić information content (AvgIpc) is 3.73. The van der Waals surface area contributed by atoms with Crippen LogP contribution in [0.3, 0.4) is 0 Å². The maximum atomic E-state index is 14.0. The van der Waals surface area contributed by atoms with Crippen molar-refractivity contribution in [2.45, 2.75) is 91.4 Å². The minimum atomic E-state index is -0.997. The first-order valence-electron chi connectivity index (χ1n) is 17.9. The number of halogens is 2. The van der Waals surface area contributed by atoms with Gasteiger partial charge in [0.05, 0.1) is 46.9 Å². The van der Waals surface area contributed by atoms with Crippen LogP contribution in [0.1, 0.15) is 95.3 Å². The molecule has 0 saturated heterocycles. The standard InChI is InChI=1S/C22H24N4O.C21H23F2N3O/c1-15(16-8-10-18(11-9-16)22(2,3)4)25-20(27)13-26-14-24-19-7-5-6-17(12-23)21(19)26;1-13(14-5-7-15(8-6-14)21(2,3)4)25-18(27)11-26-12-24-17-10-9-16(22)19(23)20(17)26/h5-11,14-15H,13H2,1-4H3,(H,25,27);5-10,12-13H,11H2,1-4H3,(H,25,27)/t;13-/m.0/s1. The third-order valence-electron chi connectivity index (χ3n) is 9.37. The van der Waals surface area contributed by atoms with E-state index in [0.29, 0.717) is 22.1 Å². The quantitative estimate of drug-likeness (QED) is 0.163. The predicted octanol–water partition coefficient (Wildman–Crippen LogP) is 8.57. The van der Waals surface area contributed by atoms with Crippen LogP contribution in [0.15, 0.2) is 91.5 Å². The lowest BCUT2D eigenvalue weighted by Gasteiger charge is -2.21. The Bertz CT molecular complexity index is 2310. The Morgan fingerprint density at radius 2 is 1.13 bits per heavy atom. The molecule has 2 N–H and O–H groups in total. The molecule has 1 unspecified atom stereocenters. The highest BCUT2D eigenvalue weighted by atomic mass is 19.2. The van der Waals surface area contributed by atoms with E-state index in [9.17, 15) is 23.6 Å². The van der Waals surface area contributed by atoms with Crippen LogP contribution in [-0.4, -0.2) is 30.9 Å². The molecule has 9 nitrogen and oxygen atoms in total. The van der Waals surface area contributed by atoms with Crippen LogP contribution in [0.25, 0.3) is 22.1 Å². The lowest BCUT2D eigenvalue weighted by atomic mass is 9.86. The third kappa shape index (κ3) is 9.18. The Balaban J connectivity index is 0.000000208. The Hall–Kier alpha value is -5.89. The van der Waals surface area contributed by atoms with Gasteiger partial charge in [-0.3, -0.25) is 9.59 Å². The van der Waals surface area contributed by atoms with Crippen molar-refractivity contribution in [1.29, 1.82) is 5.26 Å². The highest BCUT2D eigenvalue weighted by Crippen LogP contribution is 2.26. The number of imidazole rings is 2. The molecule has 11 heteroatoms. The van der Waals surface area contributed by atoms with Crippen LogP contribution in [-0.2, 0) is 33.5 Å². The van der Waals surface area contributed by atoms with E-state index in [-0.39, 0.29) is 53.3 Å². The number of nitriles is 1. The lowest BCUT2D eigenvalue weighted by molar-refractivity contribution is -0.123. The first kappa shape index (κ1) is 39.3. The molecule has 4 aromatic carbocycles. The maximum Gasteiger partial charge on any atom is 0.240 e. The number of carbonyl (C=O) groups is 2. The number of carbonyl (C=O) groups excluding carboxylic acids is 2. The second-order valence-electron chi connectivity index (χ2n) is 15.6. The monoisotopic (exact) mass is 731 g/mol. The molecule has 0 radical (unpaired) electrons. The third-order valence-corrected chi connectivity index (χ3v) is 9.37. The molecule has 0 saturated carbocycles. The van der Waals surface area contributed by atoms with Gasteiger partial charge in [0.15, 0.2) is 11.6 Å². The van der Waals surface area contributed by atoms with Gasteiger partial charge in [-0.05, 0) is 71.2 Å². The molecule has 0 fully saturated rings. The number of hydrogen-bond acceptors (Lipinski definition) is 5. The van der Waals surface area contributed by atoms with Gasteiger partial charge < -0.3 is 19.8 Å². The summed E-state index contributed by atoms with van der Waals surface area (Å²) in [5, 5.41) is 15.2. The van der Waals surface area contributed by atoms with Crippen molar-refractivity contribution < 1.29 is 18.4 Å². The molecule has 2 atom stereocenters. The van der Waals surface area contributed by atoms with E-state index in [1.54, 1.807) is 23.0 Å². The minimum absolute atomic E-state index is 0.00710. The fourth-order valence-corrected chi connectivity index (χ4v) is 6.15. The summed E-state index contributed by atoms with van der Waals surface area (Å²) in [6, 6.07) is 26.1. The Morgan fingerprint density at radius 3 is 1.57 bits per heavy atom. The summed E-state index contributed by atoms with van der Waals surface area (Å²) in [6.07, 6.45) is 2.95. The van der Waals surface area contributed by atoms with E-state index >= 15 is 0 Å². The van der Waals surface area contributed by atoms with Gasteiger partial charge in [0.1, 0.15) is 24.7 Å². The molecule has 280 valence electrons. The number of aromatic nitrogens is 4. The summed E-state index contributed by atoms with van der Waals surface area (Å²) < 4.78 is 30.6. The van der Waals surface area contributed by atoms with Crippen molar-refractivity contribution in [2.75, 3.05) is 0 Å². The lowest BCUT2D eigenvalue weighted by Crippen LogP contribution is -2.30. The van der Waals surface area contributed by atoms with Gasteiger partial charge in [-0.25, -0.2) is 18.7 Å². The largest absolute Gasteiger partial charge is 0.348 e. The molecule has 0 aliphatic rings. The molecular weight excluding hydrogens is 685 g/mol. The summed E-state index contributed by atoms with van der Waals surface area (Å²) in [7, 11) is 0. The zero-order chi connectivity index (χ0) is 39.4. The minimum Gasteiger partial charge on any atom is -0.348 e. The van der Waals surface area contributed by atoms with Gasteiger partial charge in [-0.2, -0.15) is 5.26 Å². The molecule has 0 spiro atoms. The average molecular weight is 732 g/mol. The summed E-state index contributed by atoms with van der Waals surface area (Å²) in [5.74, 6) is -2.37. The van der Waals surface area contributed by atoms with Crippen LogP contribution in [0.4, 0.5) is 8.78 Å². The molecule has 6 rings (SSSR count). The van der Waals surface area contributed by atoms with Gasteiger partial charge in [0.2, 0.25) is 11.8 Å². The van der Waals surface area contributed by atoms with Crippen molar-refractivity contribution in [3.63, 3.8) is 0 Å². The number of fused-ring (bicyclic) bond motifs is 2. The van der Waals surface area contributed by atoms with E-state index in [0.717, 1.165) is 17.2 Å². The number of rotatable bonds is 8. The number of nitrogens with one attached hydrogen (secondary N) is 2. The molecule has 2 amide bonds. The van der Waals surface area contributed by atoms with Crippen molar-refractivity contribution in [2.24, 2.45) is 0 Å². The van der Waals surface area contributed by atoms with E-state index in [1.807, 2.05) is 32.0 Å². The molecule has 2 heterocycles. The highest BCUT2D eigenvalue weighted by Gasteiger charge is 2.19.